The van der Waals surface area contributed by atoms with Crippen molar-refractivity contribution in [2.75, 3.05) is 7.11 Å². The van der Waals surface area contributed by atoms with E-state index in [0.29, 0.717) is 29.9 Å². The minimum absolute atomic E-state index is 0.0290. The molecule has 1 aromatic carbocycles. The number of esters is 1. The number of phenolic OH excluding ortho intramolecular Hbond substituents is 2. The molecule has 1 aliphatic rings. The summed E-state index contributed by atoms with van der Waals surface area (Å²) in [6, 6.07) is 2.95. The first-order chi connectivity index (χ1) is 15.9. The number of hydrogen-bond donors (Lipinski definition) is 3. The Balaban J connectivity index is 2.45. The summed E-state index contributed by atoms with van der Waals surface area (Å²) in [4.78, 5) is 13.0. The topological polar surface area (TPSA) is 87.0 Å². The summed E-state index contributed by atoms with van der Waals surface area (Å²) in [6.07, 6.45) is 10.8. The number of aliphatic hydroxyl groups is 1. The van der Waals surface area contributed by atoms with Crippen LogP contribution in [0.15, 0.2) is 47.6 Å². The molecule has 2 rings (SSSR count). The van der Waals surface area contributed by atoms with Crippen molar-refractivity contribution in [2.24, 2.45) is 17.8 Å². The van der Waals surface area contributed by atoms with E-state index in [1.54, 1.807) is 13.0 Å². The van der Waals surface area contributed by atoms with Crippen LogP contribution in [0.5, 0.6) is 11.5 Å². The zero-order valence-corrected chi connectivity index (χ0v) is 21.8. The molecular formula is C29H42O5. The Morgan fingerprint density at radius 2 is 1.88 bits per heavy atom. The average molecular weight is 471 g/mol. The quantitative estimate of drug-likeness (QED) is 0.228. The Hall–Kier alpha value is -2.53. The van der Waals surface area contributed by atoms with Crippen molar-refractivity contribution < 1.29 is 24.9 Å². The van der Waals surface area contributed by atoms with E-state index in [-0.39, 0.29) is 17.4 Å². The van der Waals surface area contributed by atoms with E-state index in [4.69, 9.17) is 4.74 Å². The Morgan fingerprint density at radius 1 is 1.21 bits per heavy atom. The predicted molar refractivity (Wildman–Crippen MR) is 137 cm³/mol. The van der Waals surface area contributed by atoms with Crippen LogP contribution in [0, 0.1) is 17.8 Å². The number of rotatable bonds is 9. The van der Waals surface area contributed by atoms with Crippen molar-refractivity contribution in [3.63, 3.8) is 0 Å². The molecule has 0 aliphatic heterocycles. The Kier molecular flexibility index (Phi) is 9.57. The van der Waals surface area contributed by atoms with Gasteiger partial charge in [0.05, 0.1) is 18.6 Å². The molecule has 0 amide bonds. The Bertz CT molecular complexity index is 948. The second kappa shape index (κ2) is 11.7. The molecular weight excluding hydrogens is 428 g/mol. The Morgan fingerprint density at radius 3 is 2.47 bits per heavy atom. The van der Waals surface area contributed by atoms with Crippen molar-refractivity contribution >= 4 is 5.97 Å². The third-order valence-corrected chi connectivity index (χ3v) is 6.97. The van der Waals surface area contributed by atoms with Crippen LogP contribution in [-0.2, 0) is 16.0 Å². The number of aromatic hydroxyl groups is 2. The molecule has 0 saturated heterocycles. The lowest BCUT2D eigenvalue weighted by atomic mass is 9.66. The minimum Gasteiger partial charge on any atom is -0.508 e. The van der Waals surface area contributed by atoms with E-state index in [2.05, 4.69) is 40.7 Å². The van der Waals surface area contributed by atoms with Gasteiger partial charge in [0.25, 0.3) is 0 Å². The maximum absolute atomic E-state index is 13.0. The highest BCUT2D eigenvalue weighted by Gasteiger charge is 2.45. The van der Waals surface area contributed by atoms with E-state index in [1.807, 2.05) is 12.2 Å². The van der Waals surface area contributed by atoms with Crippen LogP contribution in [0.4, 0.5) is 0 Å². The number of hydrogen-bond acceptors (Lipinski definition) is 5. The first kappa shape index (κ1) is 27.7. The lowest BCUT2D eigenvalue weighted by Crippen LogP contribution is -2.43. The molecule has 5 nitrogen and oxygen atoms in total. The van der Waals surface area contributed by atoms with Crippen molar-refractivity contribution in [1.29, 1.82) is 0 Å². The molecule has 0 aromatic heterocycles. The van der Waals surface area contributed by atoms with Gasteiger partial charge in [-0.15, -0.1) is 0 Å². The smallest absolute Gasteiger partial charge is 0.313 e. The molecule has 3 N–H and O–H groups in total. The van der Waals surface area contributed by atoms with Crippen molar-refractivity contribution in [3.8, 4) is 11.5 Å². The standard InChI is InChI=1S/C29H42O5/c1-18(2)9-8-10-20(5)11-12-22-15-23(30)17-24(27(22)31)26(28(32)34-7)25-16-21(19(3)4)13-14-29(25,6)33/h9,11,13-15,17,19,21,25-26,30-31,33H,8,10,12,16H2,1-7H3. The zero-order valence-electron chi connectivity index (χ0n) is 21.8. The lowest BCUT2D eigenvalue weighted by molar-refractivity contribution is -0.147. The molecule has 0 spiro atoms. The zero-order chi connectivity index (χ0) is 25.6. The number of ether oxygens (including phenoxy) is 1. The van der Waals surface area contributed by atoms with Crippen LogP contribution >= 0.6 is 0 Å². The van der Waals surface area contributed by atoms with Gasteiger partial charge in [-0.1, -0.05) is 49.3 Å². The molecule has 0 saturated carbocycles. The van der Waals surface area contributed by atoms with Crippen molar-refractivity contribution in [1.82, 2.24) is 0 Å². The second-order valence-electron chi connectivity index (χ2n) is 10.5. The second-order valence-corrected chi connectivity index (χ2v) is 10.5. The number of allylic oxidation sites excluding steroid dienone is 5. The van der Waals surface area contributed by atoms with E-state index >= 15 is 0 Å². The average Bonchev–Trinajstić information content (AvgIpc) is 2.75. The summed E-state index contributed by atoms with van der Waals surface area (Å²) < 4.78 is 5.12. The molecule has 0 radical (unpaired) electrons. The third kappa shape index (κ3) is 6.99. The van der Waals surface area contributed by atoms with Gasteiger partial charge < -0.3 is 20.1 Å². The van der Waals surface area contributed by atoms with Crippen LogP contribution in [0.3, 0.4) is 0 Å². The maximum atomic E-state index is 13.0. The normalized spacial score (nSPS) is 23.6. The molecule has 34 heavy (non-hydrogen) atoms. The summed E-state index contributed by atoms with van der Waals surface area (Å²) in [5.74, 6) is -1.52. The molecule has 5 heteroatoms. The van der Waals surface area contributed by atoms with E-state index in [1.165, 1.54) is 30.4 Å². The van der Waals surface area contributed by atoms with E-state index in [0.717, 1.165) is 12.8 Å². The first-order valence-electron chi connectivity index (χ1n) is 12.2. The van der Waals surface area contributed by atoms with Gasteiger partial charge in [-0.25, -0.2) is 0 Å². The molecule has 0 heterocycles. The van der Waals surface area contributed by atoms with Crippen LogP contribution in [0.2, 0.25) is 0 Å². The summed E-state index contributed by atoms with van der Waals surface area (Å²) >= 11 is 0. The fourth-order valence-corrected chi connectivity index (χ4v) is 4.72. The minimum atomic E-state index is -1.26. The van der Waals surface area contributed by atoms with Crippen molar-refractivity contribution in [3.05, 3.63) is 58.7 Å². The molecule has 188 valence electrons. The van der Waals surface area contributed by atoms with Gasteiger partial charge in [0.1, 0.15) is 11.5 Å². The molecule has 1 aliphatic carbocycles. The number of benzene rings is 1. The summed E-state index contributed by atoms with van der Waals surface area (Å²) in [5, 5.41) is 32.9. The fourth-order valence-electron chi connectivity index (χ4n) is 4.72. The van der Waals surface area contributed by atoms with Gasteiger partial charge >= 0.3 is 5.97 Å². The van der Waals surface area contributed by atoms with E-state index < -0.39 is 23.4 Å². The maximum Gasteiger partial charge on any atom is 0.313 e. The fraction of sp³-hybridized carbons (Fsp3) is 0.552. The summed E-state index contributed by atoms with van der Waals surface area (Å²) in [6.45, 7) is 12.1. The molecule has 1 aromatic rings. The number of carbonyl (C=O) groups is 1. The largest absolute Gasteiger partial charge is 0.508 e. The van der Waals surface area contributed by atoms with Crippen molar-refractivity contribution in [2.45, 2.75) is 78.7 Å². The highest BCUT2D eigenvalue weighted by molar-refractivity contribution is 5.80. The van der Waals surface area contributed by atoms with Gasteiger partial charge in [0.15, 0.2) is 0 Å². The van der Waals surface area contributed by atoms with Gasteiger partial charge in [-0.05, 0) is 77.3 Å². The number of carbonyl (C=O) groups excluding carboxylic acids is 1. The summed E-state index contributed by atoms with van der Waals surface area (Å²) in [5.41, 5.74) is 2.04. The SMILES string of the molecule is COC(=O)C(c1cc(O)cc(CC=C(C)CCC=C(C)C)c1O)C1CC(C(C)C)C=CC1(C)O. The van der Waals surface area contributed by atoms with Crippen LogP contribution in [0.1, 0.15) is 77.8 Å². The third-order valence-electron chi connectivity index (χ3n) is 6.97. The highest BCUT2D eigenvalue weighted by Crippen LogP contribution is 2.47. The van der Waals surface area contributed by atoms with E-state index in [9.17, 15) is 20.1 Å². The van der Waals surface area contributed by atoms with Gasteiger partial charge in [-0.3, -0.25) is 4.79 Å². The predicted octanol–water partition coefficient (Wildman–Crippen LogP) is 6.19. The molecule has 0 bridgehead atoms. The number of phenols is 2. The lowest BCUT2D eigenvalue weighted by Gasteiger charge is -2.41. The highest BCUT2D eigenvalue weighted by atomic mass is 16.5. The van der Waals surface area contributed by atoms with Crippen LogP contribution in [-0.4, -0.2) is 34.0 Å². The van der Waals surface area contributed by atoms with Crippen LogP contribution in [0.25, 0.3) is 0 Å². The van der Waals surface area contributed by atoms with Gasteiger partial charge in [-0.2, -0.15) is 0 Å². The van der Waals surface area contributed by atoms with Gasteiger partial charge in [0.2, 0.25) is 0 Å². The van der Waals surface area contributed by atoms with Crippen LogP contribution < -0.4 is 0 Å². The molecule has 0 fully saturated rings. The monoisotopic (exact) mass is 470 g/mol. The summed E-state index contributed by atoms with van der Waals surface area (Å²) in [7, 11) is 1.31. The number of methoxy groups -OCH3 is 1. The molecule has 4 unspecified atom stereocenters. The first-order valence-corrected chi connectivity index (χ1v) is 12.2. The Labute approximate surface area is 204 Å². The van der Waals surface area contributed by atoms with Gasteiger partial charge in [0, 0.05) is 17.0 Å². The molecule has 4 atom stereocenters.